The average Bonchev–Trinajstić information content (AvgIpc) is 2.85. The number of aromatic nitrogens is 2. The Hall–Kier alpha value is -3.21. The first-order valence-electron chi connectivity index (χ1n) is 8.63. The molecule has 0 fully saturated rings. The normalized spacial score (nSPS) is 12.7. The van der Waals surface area contributed by atoms with Crippen molar-refractivity contribution < 1.29 is 4.79 Å². The van der Waals surface area contributed by atoms with E-state index in [9.17, 15) is 4.79 Å². The minimum Gasteiger partial charge on any atom is -0.349 e. The molecule has 4 rings (SSSR count). The number of carbonyl (C=O) groups excluding carboxylic acids is 1. The molecule has 1 amide bonds. The first-order chi connectivity index (χ1) is 12.7. The Balaban J connectivity index is 1.61. The van der Waals surface area contributed by atoms with E-state index in [0.717, 1.165) is 0 Å². The summed E-state index contributed by atoms with van der Waals surface area (Å²) >= 11 is 0. The van der Waals surface area contributed by atoms with Crippen molar-refractivity contribution in [1.29, 1.82) is 0 Å². The van der Waals surface area contributed by atoms with Crippen LogP contribution in [-0.4, -0.2) is 34.4 Å². The predicted molar refractivity (Wildman–Crippen MR) is 101 cm³/mol. The molecule has 0 saturated heterocycles. The Morgan fingerprint density at radius 2 is 1.62 bits per heavy atom. The highest BCUT2D eigenvalue weighted by atomic mass is 16.2. The summed E-state index contributed by atoms with van der Waals surface area (Å²) in [5.41, 5.74) is 4.77. The van der Waals surface area contributed by atoms with Gasteiger partial charge in [0.25, 0.3) is 0 Å². The van der Waals surface area contributed by atoms with Gasteiger partial charge in [-0.2, -0.15) is 0 Å². The van der Waals surface area contributed by atoms with Crippen LogP contribution in [0.4, 0.5) is 5.82 Å². The highest BCUT2D eigenvalue weighted by Crippen LogP contribution is 2.32. The molecular weight excluding hydrogens is 324 g/mol. The second-order valence-electron chi connectivity index (χ2n) is 6.48. The lowest BCUT2D eigenvalue weighted by Gasteiger charge is -2.25. The van der Waals surface area contributed by atoms with Gasteiger partial charge in [0.05, 0.1) is 12.7 Å². The zero-order chi connectivity index (χ0) is 17.9. The molecule has 130 valence electrons. The lowest BCUT2D eigenvalue weighted by Crippen LogP contribution is -2.38. The van der Waals surface area contributed by atoms with Crippen molar-refractivity contribution in [2.75, 3.05) is 18.5 Å². The molecule has 1 aliphatic heterocycles. The smallest absolute Gasteiger partial charge is 0.242 e. The molecule has 26 heavy (non-hydrogen) atoms. The van der Waals surface area contributed by atoms with Crippen molar-refractivity contribution in [3.63, 3.8) is 0 Å². The van der Waals surface area contributed by atoms with Gasteiger partial charge in [0, 0.05) is 32.5 Å². The summed E-state index contributed by atoms with van der Waals surface area (Å²) in [5, 5.41) is 0. The zero-order valence-electron chi connectivity index (χ0n) is 14.7. The van der Waals surface area contributed by atoms with Crippen LogP contribution in [0, 0.1) is 0 Å². The van der Waals surface area contributed by atoms with Crippen LogP contribution in [0.1, 0.15) is 11.1 Å². The lowest BCUT2D eigenvalue weighted by molar-refractivity contribution is -0.130. The van der Waals surface area contributed by atoms with Crippen LogP contribution in [0.5, 0.6) is 0 Å². The van der Waals surface area contributed by atoms with E-state index < -0.39 is 0 Å². The number of benzene rings is 2. The quantitative estimate of drug-likeness (QED) is 0.732. The molecule has 0 N–H and O–H groups in total. The fourth-order valence-electron chi connectivity index (χ4n) is 3.36. The molecule has 5 nitrogen and oxygen atoms in total. The summed E-state index contributed by atoms with van der Waals surface area (Å²) < 4.78 is 0. The van der Waals surface area contributed by atoms with Gasteiger partial charge in [-0.15, -0.1) is 0 Å². The van der Waals surface area contributed by atoms with Crippen molar-refractivity contribution in [3.05, 3.63) is 78.2 Å². The number of nitrogens with zero attached hydrogens (tertiary/aromatic N) is 4. The fraction of sp³-hybridized carbons (Fsp3) is 0.190. The van der Waals surface area contributed by atoms with Crippen LogP contribution in [-0.2, 0) is 17.9 Å². The number of rotatable bonds is 3. The van der Waals surface area contributed by atoms with Crippen LogP contribution in [0.15, 0.2) is 67.1 Å². The SMILES string of the molecule is CN(CC(=O)N1Cc2ccccc2-c2ccccc2C1)c1cnccn1. The molecule has 5 heteroatoms. The van der Waals surface area contributed by atoms with E-state index in [-0.39, 0.29) is 12.5 Å². The molecule has 2 aromatic carbocycles. The molecular formula is C21H20N4O. The molecule has 3 aromatic rings. The van der Waals surface area contributed by atoms with Gasteiger partial charge in [0.15, 0.2) is 0 Å². The third kappa shape index (κ3) is 3.16. The Morgan fingerprint density at radius 3 is 2.19 bits per heavy atom. The fourth-order valence-corrected chi connectivity index (χ4v) is 3.36. The highest BCUT2D eigenvalue weighted by molar-refractivity contribution is 5.82. The molecule has 2 heterocycles. The number of hydrogen-bond acceptors (Lipinski definition) is 4. The summed E-state index contributed by atoms with van der Waals surface area (Å²) in [6, 6.07) is 16.6. The van der Waals surface area contributed by atoms with E-state index in [1.54, 1.807) is 18.6 Å². The van der Waals surface area contributed by atoms with Crippen molar-refractivity contribution in [2.45, 2.75) is 13.1 Å². The maximum absolute atomic E-state index is 13.0. The van der Waals surface area contributed by atoms with E-state index in [1.165, 1.54) is 22.3 Å². The Bertz CT molecular complexity index is 879. The summed E-state index contributed by atoms with van der Waals surface area (Å²) in [5.74, 6) is 0.765. The lowest BCUT2D eigenvalue weighted by atomic mass is 9.97. The number of fused-ring (bicyclic) bond motifs is 3. The van der Waals surface area contributed by atoms with E-state index in [1.807, 2.05) is 29.0 Å². The van der Waals surface area contributed by atoms with Gasteiger partial charge in [-0.05, 0) is 22.3 Å². The monoisotopic (exact) mass is 344 g/mol. The topological polar surface area (TPSA) is 49.3 Å². The van der Waals surface area contributed by atoms with Gasteiger partial charge < -0.3 is 9.80 Å². The van der Waals surface area contributed by atoms with Crippen LogP contribution in [0.3, 0.4) is 0 Å². The molecule has 0 aliphatic carbocycles. The average molecular weight is 344 g/mol. The Kier molecular flexibility index (Phi) is 4.35. The molecule has 0 saturated carbocycles. The predicted octanol–water partition coefficient (Wildman–Crippen LogP) is 3.12. The summed E-state index contributed by atoms with van der Waals surface area (Å²) in [7, 11) is 1.86. The Labute approximate surface area is 152 Å². The molecule has 0 spiro atoms. The third-order valence-electron chi connectivity index (χ3n) is 4.71. The molecule has 0 radical (unpaired) electrons. The first kappa shape index (κ1) is 16.3. The molecule has 0 atom stereocenters. The van der Waals surface area contributed by atoms with Crippen LogP contribution in [0.2, 0.25) is 0 Å². The highest BCUT2D eigenvalue weighted by Gasteiger charge is 2.23. The third-order valence-corrected chi connectivity index (χ3v) is 4.71. The van der Waals surface area contributed by atoms with Crippen molar-refractivity contribution in [3.8, 4) is 11.1 Å². The summed E-state index contributed by atoms with van der Waals surface area (Å²) in [4.78, 5) is 25.1. The number of amides is 1. The first-order valence-corrected chi connectivity index (χ1v) is 8.63. The largest absolute Gasteiger partial charge is 0.349 e. The summed E-state index contributed by atoms with van der Waals surface area (Å²) in [6.07, 6.45) is 4.93. The maximum atomic E-state index is 13.0. The number of anilines is 1. The minimum atomic E-state index is 0.0738. The second kappa shape index (κ2) is 6.96. The van der Waals surface area contributed by atoms with Crippen LogP contribution >= 0.6 is 0 Å². The van der Waals surface area contributed by atoms with E-state index in [0.29, 0.717) is 18.9 Å². The number of likely N-dealkylation sites (N-methyl/N-ethyl adjacent to an activating group) is 1. The van der Waals surface area contributed by atoms with Crippen molar-refractivity contribution in [1.82, 2.24) is 14.9 Å². The molecule has 1 aromatic heterocycles. The van der Waals surface area contributed by atoms with Crippen molar-refractivity contribution >= 4 is 11.7 Å². The Morgan fingerprint density at radius 1 is 1.00 bits per heavy atom. The van der Waals surface area contributed by atoms with Gasteiger partial charge in [-0.1, -0.05) is 48.5 Å². The van der Waals surface area contributed by atoms with Gasteiger partial charge in [-0.25, -0.2) is 4.98 Å². The minimum absolute atomic E-state index is 0.0738. The van der Waals surface area contributed by atoms with E-state index >= 15 is 0 Å². The van der Waals surface area contributed by atoms with Gasteiger partial charge in [0.1, 0.15) is 5.82 Å². The molecule has 1 aliphatic rings. The van der Waals surface area contributed by atoms with Gasteiger partial charge in [0.2, 0.25) is 5.91 Å². The standard InChI is InChI=1S/C21H20N4O/c1-24(20-12-22-10-11-23-20)15-21(26)25-13-16-6-2-4-8-18(16)19-9-5-3-7-17(19)14-25/h2-12H,13-15H2,1H3. The number of hydrogen-bond donors (Lipinski definition) is 0. The van der Waals surface area contributed by atoms with Gasteiger partial charge >= 0.3 is 0 Å². The molecule has 0 unspecified atom stereocenters. The van der Waals surface area contributed by atoms with Crippen LogP contribution < -0.4 is 4.90 Å². The van der Waals surface area contributed by atoms with E-state index in [2.05, 4.69) is 46.4 Å². The zero-order valence-corrected chi connectivity index (χ0v) is 14.7. The van der Waals surface area contributed by atoms with Gasteiger partial charge in [-0.3, -0.25) is 9.78 Å². The second-order valence-corrected chi connectivity index (χ2v) is 6.48. The summed E-state index contributed by atoms with van der Waals surface area (Å²) in [6.45, 7) is 1.49. The maximum Gasteiger partial charge on any atom is 0.242 e. The van der Waals surface area contributed by atoms with E-state index in [4.69, 9.17) is 0 Å². The van der Waals surface area contributed by atoms with Crippen LogP contribution in [0.25, 0.3) is 11.1 Å². The van der Waals surface area contributed by atoms with Crippen molar-refractivity contribution in [2.24, 2.45) is 0 Å². The molecule has 0 bridgehead atoms. The number of carbonyl (C=O) groups is 1.